The third kappa shape index (κ3) is 3.89. The molecule has 24 heavy (non-hydrogen) atoms. The second-order valence-corrected chi connectivity index (χ2v) is 7.75. The fourth-order valence-electron chi connectivity index (χ4n) is 1.75. The summed E-state index contributed by atoms with van der Waals surface area (Å²) in [6.07, 6.45) is -4.69. The molecular weight excluding hydrogens is 489 g/mol. The maximum absolute atomic E-state index is 14.1. The summed E-state index contributed by atoms with van der Waals surface area (Å²) in [5.41, 5.74) is -1.54. The van der Waals surface area contributed by atoms with Crippen molar-refractivity contribution in [2.45, 2.75) is 11.1 Å². The van der Waals surface area contributed by atoms with E-state index in [-0.39, 0.29) is 0 Å². The lowest BCUT2D eigenvalue weighted by Crippen LogP contribution is -2.17. The molecule has 2 rings (SSSR count). The summed E-state index contributed by atoms with van der Waals surface area (Å²) in [6, 6.07) is 4.02. The molecule has 1 N–H and O–H groups in total. The van der Waals surface area contributed by atoms with Gasteiger partial charge in [-0.05, 0) is 56.1 Å². The average molecular weight is 495 g/mol. The maximum atomic E-state index is 14.1. The van der Waals surface area contributed by atoms with E-state index >= 15 is 0 Å². The molecule has 11 heteroatoms. The van der Waals surface area contributed by atoms with E-state index in [4.69, 9.17) is 0 Å². The third-order valence-corrected chi connectivity index (χ3v) is 5.82. The lowest BCUT2D eigenvalue weighted by molar-refractivity contribution is -0.137. The van der Waals surface area contributed by atoms with Crippen LogP contribution in [0, 0.1) is 11.6 Å². The van der Waals surface area contributed by atoms with E-state index in [9.17, 15) is 30.4 Å². The molecule has 0 aliphatic heterocycles. The van der Waals surface area contributed by atoms with Crippen LogP contribution < -0.4 is 4.72 Å². The molecule has 0 saturated heterocycles. The van der Waals surface area contributed by atoms with Crippen LogP contribution in [0.4, 0.5) is 27.6 Å². The molecule has 0 aromatic heterocycles. The van der Waals surface area contributed by atoms with Crippen LogP contribution in [0.3, 0.4) is 0 Å². The summed E-state index contributed by atoms with van der Waals surface area (Å²) < 4.78 is 90.8. The van der Waals surface area contributed by atoms with Crippen molar-refractivity contribution in [3.05, 3.63) is 56.5 Å². The molecule has 0 spiro atoms. The highest BCUT2D eigenvalue weighted by atomic mass is 79.9. The molecule has 0 atom stereocenters. The van der Waals surface area contributed by atoms with Crippen molar-refractivity contribution < 1.29 is 30.4 Å². The third-order valence-electron chi connectivity index (χ3n) is 2.78. The van der Waals surface area contributed by atoms with Crippen molar-refractivity contribution in [3.63, 3.8) is 0 Å². The predicted octanol–water partition coefficient (Wildman–Crippen LogP) is 5.31. The van der Waals surface area contributed by atoms with E-state index in [0.717, 1.165) is 18.2 Å². The number of hydrogen-bond acceptors (Lipinski definition) is 2. The zero-order chi connectivity index (χ0) is 18.3. The van der Waals surface area contributed by atoms with Gasteiger partial charge in [-0.2, -0.15) is 13.2 Å². The Labute approximate surface area is 150 Å². The summed E-state index contributed by atoms with van der Waals surface area (Å²) in [7, 11) is -4.69. The molecule has 130 valence electrons. The van der Waals surface area contributed by atoms with Gasteiger partial charge < -0.3 is 0 Å². The number of sulfonamides is 1. The monoisotopic (exact) mass is 493 g/mol. The molecule has 0 unspecified atom stereocenters. The Morgan fingerprint density at radius 3 is 2.25 bits per heavy atom. The molecule has 2 aromatic rings. The van der Waals surface area contributed by atoms with E-state index in [1.807, 2.05) is 0 Å². The Bertz CT molecular complexity index is 874. The highest BCUT2D eigenvalue weighted by molar-refractivity contribution is 9.11. The normalized spacial score (nSPS) is 12.3. The first-order chi connectivity index (χ1) is 10.9. The summed E-state index contributed by atoms with van der Waals surface area (Å²) >= 11 is 5.30. The van der Waals surface area contributed by atoms with E-state index in [2.05, 4.69) is 31.9 Å². The van der Waals surface area contributed by atoms with Crippen molar-refractivity contribution >= 4 is 47.6 Å². The minimum atomic E-state index is -4.69. The Hall–Kier alpha value is -1.20. The van der Waals surface area contributed by atoms with Gasteiger partial charge in [-0.15, -0.1) is 0 Å². The van der Waals surface area contributed by atoms with Gasteiger partial charge in [0.05, 0.1) is 14.5 Å². The van der Waals surface area contributed by atoms with Gasteiger partial charge in [-0.25, -0.2) is 17.2 Å². The number of benzene rings is 2. The molecule has 0 amide bonds. The summed E-state index contributed by atoms with van der Waals surface area (Å²) in [5.74, 6) is -2.35. The van der Waals surface area contributed by atoms with E-state index in [1.165, 1.54) is 0 Å². The molecular formula is C13H6Br2F5NO2S. The van der Waals surface area contributed by atoms with Crippen LogP contribution in [0.2, 0.25) is 0 Å². The van der Waals surface area contributed by atoms with Crippen LogP contribution in [0.1, 0.15) is 5.56 Å². The van der Waals surface area contributed by atoms with Gasteiger partial charge in [-0.1, -0.05) is 6.07 Å². The van der Waals surface area contributed by atoms with Gasteiger partial charge in [0.15, 0.2) is 5.82 Å². The SMILES string of the molecule is O=S(=O)(Nc1cccc(C(F)(F)F)c1)c1c(F)c(Br)cc(F)c1Br. The second-order valence-electron chi connectivity index (χ2n) is 4.48. The van der Waals surface area contributed by atoms with Crippen LogP contribution >= 0.6 is 31.9 Å². The quantitative estimate of drug-likeness (QED) is 0.464. The van der Waals surface area contributed by atoms with Crippen LogP contribution in [-0.4, -0.2) is 8.42 Å². The predicted molar refractivity (Wildman–Crippen MR) is 84.0 cm³/mol. The number of rotatable bonds is 3. The standard InChI is InChI=1S/C13H6Br2F5NO2S/c14-8-5-9(16)10(15)12(11(8)17)24(22,23)21-7-3-1-2-6(4-7)13(18,19)20/h1-5,21H. The van der Waals surface area contributed by atoms with Gasteiger partial charge >= 0.3 is 6.18 Å². The van der Waals surface area contributed by atoms with Gasteiger partial charge in [0.25, 0.3) is 10.0 Å². The first-order valence-electron chi connectivity index (χ1n) is 5.96. The number of nitrogens with one attached hydrogen (secondary N) is 1. The summed E-state index contributed by atoms with van der Waals surface area (Å²) in [5, 5.41) is 0. The number of halogens is 7. The van der Waals surface area contributed by atoms with Crippen molar-refractivity contribution in [1.82, 2.24) is 0 Å². The Morgan fingerprint density at radius 1 is 1.04 bits per heavy atom. The van der Waals surface area contributed by atoms with E-state index < -0.39 is 52.9 Å². The molecule has 0 aliphatic rings. The molecule has 0 heterocycles. The van der Waals surface area contributed by atoms with Crippen molar-refractivity contribution in [2.24, 2.45) is 0 Å². The molecule has 3 nitrogen and oxygen atoms in total. The number of anilines is 1. The minimum absolute atomic E-state index is 0.448. The molecule has 0 radical (unpaired) electrons. The average Bonchev–Trinajstić information content (AvgIpc) is 2.44. The zero-order valence-electron chi connectivity index (χ0n) is 11.3. The lowest BCUT2D eigenvalue weighted by atomic mass is 10.2. The van der Waals surface area contributed by atoms with Crippen LogP contribution in [0.5, 0.6) is 0 Å². The molecule has 0 aliphatic carbocycles. The molecule has 2 aromatic carbocycles. The fourth-order valence-corrected chi connectivity index (χ4v) is 4.43. The summed E-state index contributed by atoms with van der Waals surface area (Å²) in [6.45, 7) is 0. The minimum Gasteiger partial charge on any atom is -0.279 e. The lowest BCUT2D eigenvalue weighted by Gasteiger charge is -2.13. The first-order valence-corrected chi connectivity index (χ1v) is 9.03. The fraction of sp³-hybridized carbons (Fsp3) is 0.0769. The van der Waals surface area contributed by atoms with Crippen molar-refractivity contribution in [2.75, 3.05) is 4.72 Å². The first kappa shape index (κ1) is 19.1. The number of alkyl halides is 3. The highest BCUT2D eigenvalue weighted by Crippen LogP contribution is 2.35. The Morgan fingerprint density at radius 2 is 1.67 bits per heavy atom. The highest BCUT2D eigenvalue weighted by Gasteiger charge is 2.31. The molecule has 0 saturated carbocycles. The van der Waals surface area contributed by atoms with E-state index in [0.29, 0.717) is 12.1 Å². The van der Waals surface area contributed by atoms with Gasteiger partial charge in [0.2, 0.25) is 0 Å². The van der Waals surface area contributed by atoms with Gasteiger partial charge in [0.1, 0.15) is 10.7 Å². The second kappa shape index (κ2) is 6.60. The van der Waals surface area contributed by atoms with Crippen LogP contribution in [0.15, 0.2) is 44.2 Å². The Balaban J connectivity index is 2.51. The van der Waals surface area contributed by atoms with Crippen LogP contribution in [0.25, 0.3) is 0 Å². The zero-order valence-corrected chi connectivity index (χ0v) is 15.2. The smallest absolute Gasteiger partial charge is 0.279 e. The Kier molecular flexibility index (Phi) is 5.26. The molecule has 0 bridgehead atoms. The topological polar surface area (TPSA) is 46.2 Å². The molecule has 0 fully saturated rings. The van der Waals surface area contributed by atoms with Crippen LogP contribution in [-0.2, 0) is 16.2 Å². The maximum Gasteiger partial charge on any atom is 0.416 e. The van der Waals surface area contributed by atoms with Crippen molar-refractivity contribution in [3.8, 4) is 0 Å². The van der Waals surface area contributed by atoms with Gasteiger partial charge in [-0.3, -0.25) is 4.72 Å². The largest absolute Gasteiger partial charge is 0.416 e. The summed E-state index contributed by atoms with van der Waals surface area (Å²) in [4.78, 5) is -1.06. The van der Waals surface area contributed by atoms with Gasteiger partial charge in [0, 0.05) is 5.69 Å². The van der Waals surface area contributed by atoms with Crippen molar-refractivity contribution in [1.29, 1.82) is 0 Å². The number of hydrogen-bond donors (Lipinski definition) is 1. The van der Waals surface area contributed by atoms with E-state index in [1.54, 1.807) is 4.72 Å².